The van der Waals surface area contributed by atoms with Crippen LogP contribution in [0.15, 0.2) is 41.1 Å². The first-order valence-electron chi connectivity index (χ1n) is 11.3. The number of anilines is 2. The Morgan fingerprint density at radius 2 is 1.95 bits per heavy atom. The van der Waals surface area contributed by atoms with E-state index in [1.165, 1.54) is 37.6 Å². The molecule has 2 aromatic carbocycles. The number of nitro benzene ring substituents is 1. The number of hydrogen-bond acceptors (Lipinski definition) is 9. The van der Waals surface area contributed by atoms with Crippen LogP contribution in [0.2, 0.25) is 0 Å². The van der Waals surface area contributed by atoms with Crippen LogP contribution < -0.4 is 15.4 Å². The van der Waals surface area contributed by atoms with Crippen molar-refractivity contribution in [1.82, 2.24) is 20.2 Å². The monoisotopic (exact) mass is 592 g/mol. The molecule has 0 spiro atoms. The van der Waals surface area contributed by atoms with Crippen LogP contribution in [0, 0.1) is 15.9 Å². The molecule has 0 atom stereocenters. The van der Waals surface area contributed by atoms with Gasteiger partial charge in [0.1, 0.15) is 36.7 Å². The number of amides is 2. The molecule has 38 heavy (non-hydrogen) atoms. The Balaban J connectivity index is 1.67. The van der Waals surface area contributed by atoms with Crippen LogP contribution in [0.4, 0.5) is 26.4 Å². The van der Waals surface area contributed by atoms with Gasteiger partial charge in [0.05, 0.1) is 28.1 Å². The fourth-order valence-electron chi connectivity index (χ4n) is 3.18. The molecular formula is C24H26BrFN6O6. The minimum absolute atomic E-state index is 0.0234. The molecule has 3 aromatic rings. The Morgan fingerprint density at radius 1 is 1.21 bits per heavy atom. The van der Waals surface area contributed by atoms with Crippen LogP contribution in [-0.4, -0.2) is 64.1 Å². The summed E-state index contributed by atoms with van der Waals surface area (Å²) in [5.41, 5.74) is -0.600. The molecule has 14 heteroatoms. The Morgan fingerprint density at radius 3 is 2.61 bits per heavy atom. The van der Waals surface area contributed by atoms with Crippen molar-refractivity contribution in [3.8, 4) is 5.75 Å². The average Bonchev–Trinajstić information content (AvgIpc) is 2.82. The van der Waals surface area contributed by atoms with Gasteiger partial charge < -0.3 is 25.0 Å². The van der Waals surface area contributed by atoms with E-state index >= 15 is 0 Å². The first-order chi connectivity index (χ1) is 17.8. The summed E-state index contributed by atoms with van der Waals surface area (Å²) in [6.45, 7) is 4.84. The van der Waals surface area contributed by atoms with Gasteiger partial charge in [-0.05, 0) is 39.0 Å². The molecule has 0 aliphatic carbocycles. The molecule has 2 amide bonds. The van der Waals surface area contributed by atoms with Gasteiger partial charge in [0.2, 0.25) is 5.91 Å². The maximum atomic E-state index is 14.3. The largest absolute Gasteiger partial charge is 0.485 e. The lowest BCUT2D eigenvalue weighted by Crippen LogP contribution is -2.41. The molecule has 0 fully saturated rings. The summed E-state index contributed by atoms with van der Waals surface area (Å²) in [5, 5.41) is 17.4. The number of rotatable bonds is 9. The van der Waals surface area contributed by atoms with Gasteiger partial charge in [0, 0.05) is 23.7 Å². The predicted octanol–water partition coefficient (Wildman–Crippen LogP) is 4.55. The Kier molecular flexibility index (Phi) is 8.99. The standard InChI is InChI=1S/C24H26BrFN6O6/c1-24(2,3)38-23(34)31(4)12-21(33)27-7-8-37-20-11-18-15(10-19(20)32(35)36)22(29-13-28-18)30-17-6-5-14(25)9-16(17)26/h5-6,9-11,13H,7-8,12H2,1-4H3,(H,27,33)(H,28,29,30). The van der Waals surface area contributed by atoms with Crippen LogP contribution in [0.1, 0.15) is 20.8 Å². The summed E-state index contributed by atoms with van der Waals surface area (Å²) < 4.78 is 25.6. The van der Waals surface area contributed by atoms with Gasteiger partial charge in [-0.2, -0.15) is 0 Å². The van der Waals surface area contributed by atoms with Crippen molar-refractivity contribution in [3.63, 3.8) is 0 Å². The summed E-state index contributed by atoms with van der Waals surface area (Å²) in [6, 6.07) is 7.01. The molecule has 0 radical (unpaired) electrons. The minimum atomic E-state index is -0.693. The van der Waals surface area contributed by atoms with Crippen molar-refractivity contribution in [1.29, 1.82) is 0 Å². The van der Waals surface area contributed by atoms with Crippen molar-refractivity contribution >= 4 is 56.0 Å². The van der Waals surface area contributed by atoms with E-state index in [-0.39, 0.29) is 48.0 Å². The van der Waals surface area contributed by atoms with Gasteiger partial charge in [-0.25, -0.2) is 19.2 Å². The van der Waals surface area contributed by atoms with Crippen molar-refractivity contribution in [2.45, 2.75) is 26.4 Å². The molecule has 202 valence electrons. The lowest BCUT2D eigenvalue weighted by Gasteiger charge is -2.24. The van der Waals surface area contributed by atoms with Gasteiger partial charge in [-0.1, -0.05) is 15.9 Å². The van der Waals surface area contributed by atoms with Gasteiger partial charge in [0.25, 0.3) is 0 Å². The van der Waals surface area contributed by atoms with Gasteiger partial charge in [0.15, 0.2) is 5.75 Å². The number of carbonyl (C=O) groups is 2. The second-order valence-electron chi connectivity index (χ2n) is 9.10. The maximum Gasteiger partial charge on any atom is 0.410 e. The number of fused-ring (bicyclic) bond motifs is 1. The zero-order valence-electron chi connectivity index (χ0n) is 21.1. The Bertz CT molecular complexity index is 1370. The summed E-state index contributed by atoms with van der Waals surface area (Å²) in [6.07, 6.45) is 0.590. The van der Waals surface area contributed by atoms with E-state index in [0.29, 0.717) is 9.99 Å². The predicted molar refractivity (Wildman–Crippen MR) is 141 cm³/mol. The van der Waals surface area contributed by atoms with Crippen molar-refractivity contribution < 1.29 is 28.4 Å². The highest BCUT2D eigenvalue weighted by molar-refractivity contribution is 9.10. The summed E-state index contributed by atoms with van der Waals surface area (Å²) in [7, 11) is 1.43. The SMILES string of the molecule is CN(CC(=O)NCCOc1cc2ncnc(Nc3ccc(Br)cc3F)c2cc1[N+](=O)[O-])C(=O)OC(C)(C)C. The fraction of sp³-hybridized carbons (Fsp3) is 0.333. The second kappa shape index (κ2) is 12.0. The highest BCUT2D eigenvalue weighted by Crippen LogP contribution is 2.35. The molecule has 0 aliphatic heterocycles. The van der Waals surface area contributed by atoms with Crippen LogP contribution in [0.5, 0.6) is 5.75 Å². The van der Waals surface area contributed by atoms with E-state index in [4.69, 9.17) is 9.47 Å². The van der Waals surface area contributed by atoms with Crippen LogP contribution in [0.25, 0.3) is 10.9 Å². The number of hydrogen-bond donors (Lipinski definition) is 2. The first kappa shape index (κ1) is 28.5. The average molecular weight is 593 g/mol. The van der Waals surface area contributed by atoms with E-state index in [0.717, 1.165) is 4.90 Å². The van der Waals surface area contributed by atoms with Crippen molar-refractivity contribution in [3.05, 3.63) is 57.1 Å². The third kappa shape index (κ3) is 7.71. The van der Waals surface area contributed by atoms with Gasteiger partial charge in [-0.15, -0.1) is 0 Å². The quantitative estimate of drug-likeness (QED) is 0.207. The highest BCUT2D eigenvalue weighted by atomic mass is 79.9. The second-order valence-corrected chi connectivity index (χ2v) is 10.0. The number of nitro groups is 1. The molecule has 0 unspecified atom stereocenters. The molecule has 2 N–H and O–H groups in total. The molecule has 0 aliphatic rings. The summed E-state index contributed by atoms with van der Waals surface area (Å²) >= 11 is 3.19. The smallest absolute Gasteiger partial charge is 0.410 e. The highest BCUT2D eigenvalue weighted by Gasteiger charge is 2.22. The van der Waals surface area contributed by atoms with Crippen LogP contribution in [-0.2, 0) is 9.53 Å². The minimum Gasteiger partial charge on any atom is -0.485 e. The summed E-state index contributed by atoms with van der Waals surface area (Å²) in [5.74, 6) is -0.895. The van der Waals surface area contributed by atoms with Gasteiger partial charge in [-0.3, -0.25) is 14.9 Å². The number of nitrogens with zero attached hydrogens (tertiary/aromatic N) is 4. The molecule has 1 aromatic heterocycles. The molecule has 12 nitrogen and oxygen atoms in total. The Hall–Kier alpha value is -4.07. The molecule has 0 bridgehead atoms. The number of aromatic nitrogens is 2. The summed E-state index contributed by atoms with van der Waals surface area (Å²) in [4.78, 5) is 44.6. The van der Waals surface area contributed by atoms with E-state index in [1.807, 2.05) is 0 Å². The van der Waals surface area contributed by atoms with Crippen molar-refractivity contribution in [2.75, 3.05) is 32.1 Å². The molecular weight excluding hydrogens is 567 g/mol. The number of halogens is 2. The molecule has 1 heterocycles. The lowest BCUT2D eigenvalue weighted by molar-refractivity contribution is -0.385. The number of nitrogens with one attached hydrogen (secondary N) is 2. The van der Waals surface area contributed by atoms with E-state index < -0.39 is 28.3 Å². The van der Waals surface area contributed by atoms with Crippen LogP contribution >= 0.6 is 15.9 Å². The lowest BCUT2D eigenvalue weighted by atomic mass is 10.2. The van der Waals surface area contributed by atoms with E-state index in [1.54, 1.807) is 26.8 Å². The molecule has 0 saturated heterocycles. The topological polar surface area (TPSA) is 149 Å². The fourth-order valence-corrected chi connectivity index (χ4v) is 3.51. The van der Waals surface area contributed by atoms with E-state index in [9.17, 15) is 24.1 Å². The molecule has 0 saturated carbocycles. The van der Waals surface area contributed by atoms with Crippen LogP contribution in [0.3, 0.4) is 0 Å². The number of ether oxygens (including phenoxy) is 2. The number of benzene rings is 2. The maximum absolute atomic E-state index is 14.3. The number of likely N-dealkylation sites (N-methyl/N-ethyl adjacent to an activating group) is 1. The van der Waals surface area contributed by atoms with Gasteiger partial charge >= 0.3 is 11.8 Å². The normalized spacial score (nSPS) is 11.1. The zero-order chi connectivity index (χ0) is 28.0. The first-order valence-corrected chi connectivity index (χ1v) is 12.1. The molecule has 3 rings (SSSR count). The van der Waals surface area contributed by atoms with E-state index in [2.05, 4.69) is 36.5 Å². The number of carbonyl (C=O) groups excluding carboxylic acids is 2. The van der Waals surface area contributed by atoms with Crippen molar-refractivity contribution in [2.24, 2.45) is 0 Å². The third-order valence-electron chi connectivity index (χ3n) is 4.86. The zero-order valence-corrected chi connectivity index (χ0v) is 22.7. The Labute approximate surface area is 225 Å². The third-order valence-corrected chi connectivity index (χ3v) is 5.36.